The molecule has 0 saturated carbocycles. The van der Waals surface area contributed by atoms with E-state index in [0.717, 1.165) is 37.6 Å². The van der Waals surface area contributed by atoms with E-state index in [9.17, 15) is 4.79 Å². The first-order valence-corrected chi connectivity index (χ1v) is 9.05. The molecule has 1 N–H and O–H groups in total. The summed E-state index contributed by atoms with van der Waals surface area (Å²) in [7, 11) is 1.67. The largest absolute Gasteiger partial charge is 0.497 e. The van der Waals surface area contributed by atoms with Gasteiger partial charge in [-0.2, -0.15) is 0 Å². The smallest absolute Gasteiger partial charge is 0.241 e. The van der Waals surface area contributed by atoms with Crippen LogP contribution in [0.1, 0.15) is 11.1 Å². The Bertz CT molecular complexity index is 750. The van der Waals surface area contributed by atoms with Crippen LogP contribution in [0.15, 0.2) is 42.5 Å². The minimum atomic E-state index is 0.153. The van der Waals surface area contributed by atoms with Gasteiger partial charge in [0.1, 0.15) is 5.75 Å². The van der Waals surface area contributed by atoms with Gasteiger partial charge >= 0.3 is 0 Å². The molecule has 0 aromatic heterocycles. The molecular weight excluding hydrogens is 326 g/mol. The van der Waals surface area contributed by atoms with Gasteiger partial charge in [-0.1, -0.05) is 12.1 Å². The van der Waals surface area contributed by atoms with Crippen LogP contribution in [-0.4, -0.2) is 50.6 Å². The summed E-state index contributed by atoms with van der Waals surface area (Å²) in [5.74, 6) is 1.01. The van der Waals surface area contributed by atoms with Crippen LogP contribution in [0.5, 0.6) is 5.75 Å². The zero-order valence-electron chi connectivity index (χ0n) is 15.8. The molecule has 1 aliphatic heterocycles. The van der Waals surface area contributed by atoms with Crippen LogP contribution >= 0.6 is 0 Å². The maximum absolute atomic E-state index is 12.5. The second kappa shape index (κ2) is 8.13. The van der Waals surface area contributed by atoms with Crippen molar-refractivity contribution in [3.63, 3.8) is 0 Å². The van der Waals surface area contributed by atoms with Crippen LogP contribution in [0.25, 0.3) is 0 Å². The van der Waals surface area contributed by atoms with Crippen LogP contribution in [0.4, 0.5) is 11.4 Å². The Morgan fingerprint density at radius 3 is 2.38 bits per heavy atom. The Morgan fingerprint density at radius 1 is 1.04 bits per heavy atom. The topological polar surface area (TPSA) is 44.8 Å². The van der Waals surface area contributed by atoms with E-state index >= 15 is 0 Å². The second-order valence-electron chi connectivity index (χ2n) is 6.67. The van der Waals surface area contributed by atoms with Crippen LogP contribution in [-0.2, 0) is 4.79 Å². The number of hydrogen-bond donors (Lipinski definition) is 1. The van der Waals surface area contributed by atoms with Crippen molar-refractivity contribution in [2.45, 2.75) is 13.8 Å². The number of anilines is 2. The highest BCUT2D eigenvalue weighted by atomic mass is 16.5. The molecule has 0 radical (unpaired) electrons. The standard InChI is InChI=1S/C21H27N3O2/c1-16-5-4-6-20(17(16)2)22-15-21(25)24-13-11-23(12-14-24)18-7-9-19(26-3)10-8-18/h4-10,22H,11-15H2,1-3H3. The zero-order chi connectivity index (χ0) is 18.5. The summed E-state index contributed by atoms with van der Waals surface area (Å²) in [4.78, 5) is 16.8. The number of benzene rings is 2. The van der Waals surface area contributed by atoms with Gasteiger partial charge in [0.05, 0.1) is 13.7 Å². The highest BCUT2D eigenvalue weighted by molar-refractivity contribution is 5.81. The average molecular weight is 353 g/mol. The van der Waals surface area contributed by atoms with Crippen molar-refractivity contribution in [1.29, 1.82) is 0 Å². The predicted octanol–water partition coefficient (Wildman–Crippen LogP) is 3.07. The summed E-state index contributed by atoms with van der Waals surface area (Å²) in [6.07, 6.45) is 0. The van der Waals surface area contributed by atoms with Crippen LogP contribution < -0.4 is 15.0 Å². The van der Waals surface area contributed by atoms with Crippen molar-refractivity contribution in [1.82, 2.24) is 4.90 Å². The molecular formula is C21H27N3O2. The van der Waals surface area contributed by atoms with E-state index in [1.54, 1.807) is 7.11 Å². The van der Waals surface area contributed by atoms with Crippen molar-refractivity contribution >= 4 is 17.3 Å². The summed E-state index contributed by atoms with van der Waals surface area (Å²) in [6, 6.07) is 14.2. The highest BCUT2D eigenvalue weighted by Gasteiger charge is 2.21. The normalized spacial score (nSPS) is 14.3. The molecule has 1 fully saturated rings. The van der Waals surface area contributed by atoms with E-state index in [1.807, 2.05) is 29.2 Å². The summed E-state index contributed by atoms with van der Waals surface area (Å²) in [6.45, 7) is 7.70. The third kappa shape index (κ3) is 4.10. The van der Waals surface area contributed by atoms with Crippen molar-refractivity contribution < 1.29 is 9.53 Å². The van der Waals surface area contributed by atoms with E-state index in [2.05, 4.69) is 42.3 Å². The molecule has 26 heavy (non-hydrogen) atoms. The van der Waals surface area contributed by atoms with Gasteiger partial charge in [-0.3, -0.25) is 4.79 Å². The molecule has 1 amide bonds. The highest BCUT2D eigenvalue weighted by Crippen LogP contribution is 2.21. The lowest BCUT2D eigenvalue weighted by Crippen LogP contribution is -2.50. The van der Waals surface area contributed by atoms with Crippen LogP contribution in [0.2, 0.25) is 0 Å². The van der Waals surface area contributed by atoms with Crippen molar-refractivity contribution in [3.05, 3.63) is 53.6 Å². The molecule has 0 aliphatic carbocycles. The quantitative estimate of drug-likeness (QED) is 0.897. The van der Waals surface area contributed by atoms with Crippen molar-refractivity contribution in [3.8, 4) is 5.75 Å². The predicted molar refractivity (Wildman–Crippen MR) is 106 cm³/mol. The Hall–Kier alpha value is -2.69. The fourth-order valence-corrected chi connectivity index (χ4v) is 3.23. The summed E-state index contributed by atoms with van der Waals surface area (Å²) < 4.78 is 5.21. The molecule has 0 spiro atoms. The van der Waals surface area contributed by atoms with Gasteiger partial charge in [-0.15, -0.1) is 0 Å². The van der Waals surface area contributed by atoms with E-state index in [-0.39, 0.29) is 5.91 Å². The van der Waals surface area contributed by atoms with Crippen LogP contribution in [0, 0.1) is 13.8 Å². The second-order valence-corrected chi connectivity index (χ2v) is 6.67. The first kappa shape index (κ1) is 18.1. The monoisotopic (exact) mass is 353 g/mol. The Labute approximate surface area is 155 Å². The third-order valence-electron chi connectivity index (χ3n) is 5.10. The van der Waals surface area contributed by atoms with Gasteiger partial charge in [0.2, 0.25) is 5.91 Å². The fraction of sp³-hybridized carbons (Fsp3) is 0.381. The number of hydrogen-bond acceptors (Lipinski definition) is 4. The number of amides is 1. The SMILES string of the molecule is COc1ccc(N2CCN(C(=O)CNc3cccc(C)c3C)CC2)cc1. The maximum atomic E-state index is 12.5. The number of nitrogens with one attached hydrogen (secondary N) is 1. The van der Waals surface area contributed by atoms with E-state index in [0.29, 0.717) is 6.54 Å². The van der Waals surface area contributed by atoms with Gasteiger partial charge in [0.25, 0.3) is 0 Å². The third-order valence-corrected chi connectivity index (χ3v) is 5.10. The lowest BCUT2D eigenvalue weighted by atomic mass is 10.1. The van der Waals surface area contributed by atoms with Gasteiger partial charge in [-0.05, 0) is 55.3 Å². The average Bonchev–Trinajstić information content (AvgIpc) is 2.69. The van der Waals surface area contributed by atoms with Crippen LogP contribution in [0.3, 0.4) is 0 Å². The van der Waals surface area contributed by atoms with Gasteiger partial charge in [0.15, 0.2) is 0 Å². The number of ether oxygens (including phenoxy) is 1. The molecule has 1 aliphatic rings. The van der Waals surface area contributed by atoms with Gasteiger partial charge < -0.3 is 19.9 Å². The summed E-state index contributed by atoms with van der Waals surface area (Å²) >= 11 is 0. The molecule has 0 unspecified atom stereocenters. The molecule has 5 heteroatoms. The first-order chi connectivity index (χ1) is 12.6. The first-order valence-electron chi connectivity index (χ1n) is 9.05. The number of carbonyl (C=O) groups excluding carboxylic acids is 1. The Kier molecular flexibility index (Phi) is 5.66. The molecule has 2 aromatic carbocycles. The Morgan fingerprint density at radius 2 is 1.73 bits per heavy atom. The molecule has 0 bridgehead atoms. The maximum Gasteiger partial charge on any atom is 0.241 e. The molecule has 0 atom stereocenters. The van der Waals surface area contributed by atoms with E-state index in [4.69, 9.17) is 4.74 Å². The van der Waals surface area contributed by atoms with Crippen molar-refractivity contribution in [2.24, 2.45) is 0 Å². The molecule has 1 heterocycles. The Balaban J connectivity index is 1.51. The number of piperazine rings is 1. The van der Waals surface area contributed by atoms with Crippen molar-refractivity contribution in [2.75, 3.05) is 50.1 Å². The summed E-state index contributed by atoms with van der Waals surface area (Å²) in [5, 5.41) is 3.29. The number of rotatable bonds is 5. The summed E-state index contributed by atoms with van der Waals surface area (Å²) in [5.41, 5.74) is 4.64. The zero-order valence-corrected chi connectivity index (χ0v) is 15.8. The minimum absolute atomic E-state index is 0.153. The minimum Gasteiger partial charge on any atom is -0.497 e. The molecule has 5 nitrogen and oxygen atoms in total. The number of aryl methyl sites for hydroxylation is 1. The molecule has 3 rings (SSSR count). The molecule has 1 saturated heterocycles. The lowest BCUT2D eigenvalue weighted by Gasteiger charge is -2.36. The van der Waals surface area contributed by atoms with Gasteiger partial charge in [-0.25, -0.2) is 0 Å². The number of methoxy groups -OCH3 is 1. The number of carbonyl (C=O) groups is 1. The fourth-order valence-electron chi connectivity index (χ4n) is 3.23. The van der Waals surface area contributed by atoms with Gasteiger partial charge in [0, 0.05) is 37.6 Å². The lowest BCUT2D eigenvalue weighted by molar-refractivity contribution is -0.129. The molecule has 2 aromatic rings. The number of nitrogens with zero attached hydrogens (tertiary/aromatic N) is 2. The van der Waals surface area contributed by atoms with E-state index in [1.165, 1.54) is 16.8 Å². The molecule has 138 valence electrons. The van der Waals surface area contributed by atoms with E-state index < -0.39 is 0 Å².